The van der Waals surface area contributed by atoms with Gasteiger partial charge in [0.1, 0.15) is 5.75 Å². The number of halogens is 1. The standard InChI is InChI=1S/C12H14ClNO3/c13-10-1-8(3-14-4-11(15)5-14)12-9(2-10)6-16-7-17-12/h1-2,11,15H,3-7H2. The molecule has 1 saturated heterocycles. The lowest BCUT2D eigenvalue weighted by molar-refractivity contribution is -0.0214. The molecule has 1 N–H and O–H groups in total. The number of benzene rings is 1. The van der Waals surface area contributed by atoms with E-state index in [0.29, 0.717) is 18.4 Å². The van der Waals surface area contributed by atoms with Crippen LogP contribution in [0.2, 0.25) is 5.02 Å². The van der Waals surface area contributed by atoms with Crippen LogP contribution in [-0.2, 0) is 17.9 Å². The van der Waals surface area contributed by atoms with Gasteiger partial charge in [0.05, 0.1) is 12.7 Å². The van der Waals surface area contributed by atoms with E-state index in [1.165, 1.54) is 0 Å². The summed E-state index contributed by atoms with van der Waals surface area (Å²) in [6.07, 6.45) is -0.186. The molecule has 0 atom stereocenters. The Morgan fingerprint density at radius 2 is 2.24 bits per heavy atom. The molecule has 1 aromatic rings. The Hall–Kier alpha value is -0.810. The molecular weight excluding hydrogens is 242 g/mol. The van der Waals surface area contributed by atoms with Gasteiger partial charge in [-0.25, -0.2) is 0 Å². The molecule has 92 valence electrons. The van der Waals surface area contributed by atoms with E-state index in [4.69, 9.17) is 21.1 Å². The normalized spacial score (nSPS) is 20.6. The molecular formula is C12H14ClNO3. The van der Waals surface area contributed by atoms with Crippen LogP contribution in [0.5, 0.6) is 5.75 Å². The van der Waals surface area contributed by atoms with Gasteiger partial charge in [-0.15, -0.1) is 0 Å². The second-order valence-corrected chi connectivity index (χ2v) is 4.95. The molecule has 0 aromatic heterocycles. The van der Waals surface area contributed by atoms with Crippen LogP contribution in [0, 0.1) is 0 Å². The van der Waals surface area contributed by atoms with Gasteiger partial charge >= 0.3 is 0 Å². The fraction of sp³-hybridized carbons (Fsp3) is 0.500. The maximum Gasteiger partial charge on any atom is 0.189 e. The van der Waals surface area contributed by atoms with Crippen LogP contribution >= 0.6 is 11.6 Å². The van der Waals surface area contributed by atoms with Crippen LogP contribution in [0.1, 0.15) is 11.1 Å². The van der Waals surface area contributed by atoms with E-state index in [0.717, 1.165) is 36.5 Å². The molecule has 3 rings (SSSR count). The first-order chi connectivity index (χ1) is 8.22. The predicted octanol–water partition coefficient (Wildman–Crippen LogP) is 1.38. The van der Waals surface area contributed by atoms with Gasteiger partial charge in [0.2, 0.25) is 0 Å². The minimum absolute atomic E-state index is 0.186. The zero-order valence-electron chi connectivity index (χ0n) is 9.36. The van der Waals surface area contributed by atoms with E-state index >= 15 is 0 Å². The van der Waals surface area contributed by atoms with Crippen LogP contribution < -0.4 is 4.74 Å². The molecule has 0 aliphatic carbocycles. The van der Waals surface area contributed by atoms with Crippen molar-refractivity contribution in [2.45, 2.75) is 19.3 Å². The van der Waals surface area contributed by atoms with Crippen molar-refractivity contribution in [3.63, 3.8) is 0 Å². The highest BCUT2D eigenvalue weighted by Crippen LogP contribution is 2.33. The van der Waals surface area contributed by atoms with Crippen molar-refractivity contribution in [3.8, 4) is 5.75 Å². The van der Waals surface area contributed by atoms with E-state index in [2.05, 4.69) is 4.90 Å². The summed E-state index contributed by atoms with van der Waals surface area (Å²) in [7, 11) is 0. The lowest BCUT2D eigenvalue weighted by Crippen LogP contribution is -2.49. The summed E-state index contributed by atoms with van der Waals surface area (Å²) in [5.74, 6) is 0.891. The molecule has 2 aliphatic heterocycles. The predicted molar refractivity (Wildman–Crippen MR) is 63.0 cm³/mol. The average Bonchev–Trinajstić information content (AvgIpc) is 2.26. The number of ether oxygens (including phenoxy) is 2. The number of aliphatic hydroxyl groups excluding tert-OH is 1. The number of rotatable bonds is 2. The van der Waals surface area contributed by atoms with Crippen LogP contribution in [0.25, 0.3) is 0 Å². The summed E-state index contributed by atoms with van der Waals surface area (Å²) in [4.78, 5) is 2.16. The van der Waals surface area contributed by atoms with E-state index in [1.54, 1.807) is 0 Å². The smallest absolute Gasteiger partial charge is 0.189 e. The van der Waals surface area contributed by atoms with Gasteiger partial charge < -0.3 is 14.6 Å². The molecule has 0 saturated carbocycles. The van der Waals surface area contributed by atoms with Crippen LogP contribution in [0.3, 0.4) is 0 Å². The van der Waals surface area contributed by atoms with E-state index in [-0.39, 0.29) is 6.10 Å². The number of hydrogen-bond donors (Lipinski definition) is 1. The summed E-state index contributed by atoms with van der Waals surface area (Å²) in [5, 5.41) is 9.97. The van der Waals surface area contributed by atoms with Crippen molar-refractivity contribution in [2.75, 3.05) is 19.9 Å². The molecule has 0 bridgehead atoms. The van der Waals surface area contributed by atoms with Crippen molar-refractivity contribution in [3.05, 3.63) is 28.3 Å². The van der Waals surface area contributed by atoms with Crippen molar-refractivity contribution in [2.24, 2.45) is 0 Å². The van der Waals surface area contributed by atoms with Gasteiger partial charge in [0.15, 0.2) is 6.79 Å². The molecule has 4 nitrogen and oxygen atoms in total. The molecule has 0 amide bonds. The first-order valence-electron chi connectivity index (χ1n) is 5.64. The molecule has 5 heteroatoms. The Kier molecular flexibility index (Phi) is 2.96. The Balaban J connectivity index is 1.84. The summed E-state index contributed by atoms with van der Waals surface area (Å²) in [6, 6.07) is 3.81. The third-order valence-electron chi connectivity index (χ3n) is 3.08. The third kappa shape index (κ3) is 2.26. The molecule has 0 unspecified atom stereocenters. The second kappa shape index (κ2) is 4.46. The second-order valence-electron chi connectivity index (χ2n) is 4.51. The van der Waals surface area contributed by atoms with E-state index < -0.39 is 0 Å². The highest BCUT2D eigenvalue weighted by atomic mass is 35.5. The maximum atomic E-state index is 9.27. The van der Waals surface area contributed by atoms with Gasteiger partial charge in [-0.3, -0.25) is 4.90 Å². The molecule has 17 heavy (non-hydrogen) atoms. The quantitative estimate of drug-likeness (QED) is 0.867. The summed E-state index contributed by atoms with van der Waals surface area (Å²) in [5.41, 5.74) is 2.07. The lowest BCUT2D eigenvalue weighted by atomic mass is 10.1. The largest absolute Gasteiger partial charge is 0.467 e. The fourth-order valence-corrected chi connectivity index (χ4v) is 2.55. The summed E-state index contributed by atoms with van der Waals surface area (Å²) in [6.45, 7) is 3.05. The first-order valence-corrected chi connectivity index (χ1v) is 6.02. The van der Waals surface area contributed by atoms with Crippen LogP contribution in [-0.4, -0.2) is 36.0 Å². The molecule has 0 radical (unpaired) electrons. The van der Waals surface area contributed by atoms with Crippen molar-refractivity contribution in [1.82, 2.24) is 4.90 Å². The molecule has 1 fully saturated rings. The van der Waals surface area contributed by atoms with Gasteiger partial charge in [0, 0.05) is 35.8 Å². The number of β-amino-alcohol motifs (C(OH)–C–C–N with tert-alkyl or cyclic N) is 1. The number of nitrogens with zero attached hydrogens (tertiary/aromatic N) is 1. The van der Waals surface area contributed by atoms with Crippen molar-refractivity contribution >= 4 is 11.6 Å². The van der Waals surface area contributed by atoms with Crippen molar-refractivity contribution in [1.29, 1.82) is 0 Å². The molecule has 2 aliphatic rings. The van der Waals surface area contributed by atoms with E-state index in [9.17, 15) is 5.11 Å². The Labute approximate surface area is 105 Å². The minimum Gasteiger partial charge on any atom is -0.467 e. The Morgan fingerprint density at radius 3 is 3.00 bits per heavy atom. The number of fused-ring (bicyclic) bond motifs is 1. The summed E-state index contributed by atoms with van der Waals surface area (Å²) >= 11 is 6.08. The van der Waals surface area contributed by atoms with Gasteiger partial charge in [-0.2, -0.15) is 0 Å². The minimum atomic E-state index is -0.186. The van der Waals surface area contributed by atoms with Crippen molar-refractivity contribution < 1.29 is 14.6 Å². The number of aliphatic hydroxyl groups is 1. The highest BCUT2D eigenvalue weighted by Gasteiger charge is 2.26. The van der Waals surface area contributed by atoms with Crippen LogP contribution in [0.4, 0.5) is 0 Å². The van der Waals surface area contributed by atoms with E-state index in [1.807, 2.05) is 12.1 Å². The molecule has 1 aromatic carbocycles. The third-order valence-corrected chi connectivity index (χ3v) is 3.30. The lowest BCUT2D eigenvalue weighted by Gasteiger charge is -2.36. The fourth-order valence-electron chi connectivity index (χ4n) is 2.29. The molecule has 0 spiro atoms. The summed E-state index contributed by atoms with van der Waals surface area (Å²) < 4.78 is 10.8. The SMILES string of the molecule is OC1CN(Cc2cc(Cl)cc3c2OCOC3)C1. The highest BCUT2D eigenvalue weighted by molar-refractivity contribution is 6.30. The maximum absolute atomic E-state index is 9.27. The Morgan fingerprint density at radius 1 is 1.41 bits per heavy atom. The number of hydrogen-bond acceptors (Lipinski definition) is 4. The Bertz CT molecular complexity index is 432. The topological polar surface area (TPSA) is 41.9 Å². The average molecular weight is 256 g/mol. The monoisotopic (exact) mass is 255 g/mol. The zero-order chi connectivity index (χ0) is 11.8. The number of likely N-dealkylation sites (tertiary alicyclic amines) is 1. The zero-order valence-corrected chi connectivity index (χ0v) is 10.1. The van der Waals surface area contributed by atoms with Gasteiger partial charge in [-0.05, 0) is 12.1 Å². The van der Waals surface area contributed by atoms with Gasteiger partial charge in [0.25, 0.3) is 0 Å². The molecule has 2 heterocycles. The van der Waals surface area contributed by atoms with Gasteiger partial charge in [-0.1, -0.05) is 11.6 Å². The first kappa shape index (κ1) is 11.3. The van der Waals surface area contributed by atoms with Crippen LogP contribution in [0.15, 0.2) is 12.1 Å².